The van der Waals surface area contributed by atoms with Crippen molar-refractivity contribution in [2.45, 2.75) is 31.2 Å². The van der Waals surface area contributed by atoms with E-state index in [1.165, 1.54) is 6.33 Å². The maximum atomic E-state index is 12.5. The molecule has 0 saturated carbocycles. The fraction of sp³-hybridized carbons (Fsp3) is 0.222. The van der Waals surface area contributed by atoms with Crippen LogP contribution >= 0.6 is 0 Å². The standard InChI is InChI=1S/C18H20N4O2S/c1-3-15-4-10-18(11-5-15)25(23,24)21-14(2)16-6-8-17(9-7-16)22-13-19-12-20-22/h4-14,21H,3H2,1-2H3. The molecule has 6 nitrogen and oxygen atoms in total. The number of hydrogen-bond acceptors (Lipinski definition) is 4. The minimum Gasteiger partial charge on any atom is -0.223 e. The zero-order chi connectivity index (χ0) is 17.9. The molecule has 1 unspecified atom stereocenters. The van der Waals surface area contributed by atoms with Gasteiger partial charge >= 0.3 is 0 Å². The summed E-state index contributed by atoms with van der Waals surface area (Å²) in [5, 5.41) is 4.07. The van der Waals surface area contributed by atoms with Crippen molar-refractivity contribution in [3.8, 4) is 5.69 Å². The maximum Gasteiger partial charge on any atom is 0.241 e. The molecule has 0 saturated heterocycles. The van der Waals surface area contributed by atoms with Crippen molar-refractivity contribution in [2.75, 3.05) is 0 Å². The molecule has 3 aromatic rings. The van der Waals surface area contributed by atoms with Crippen molar-refractivity contribution in [3.63, 3.8) is 0 Å². The van der Waals surface area contributed by atoms with E-state index in [9.17, 15) is 8.42 Å². The first kappa shape index (κ1) is 17.3. The van der Waals surface area contributed by atoms with Crippen molar-refractivity contribution >= 4 is 10.0 Å². The first-order valence-corrected chi connectivity index (χ1v) is 9.54. The molecular weight excluding hydrogens is 336 g/mol. The Balaban J connectivity index is 1.75. The Hall–Kier alpha value is -2.51. The molecule has 0 spiro atoms. The lowest BCUT2D eigenvalue weighted by Gasteiger charge is -2.15. The molecule has 0 amide bonds. The van der Waals surface area contributed by atoms with Crippen LogP contribution in [0.4, 0.5) is 0 Å². The highest BCUT2D eigenvalue weighted by Gasteiger charge is 2.18. The van der Waals surface area contributed by atoms with Crippen LogP contribution in [0.15, 0.2) is 66.1 Å². The molecule has 7 heteroatoms. The molecular formula is C18H20N4O2S. The van der Waals surface area contributed by atoms with Crippen molar-refractivity contribution in [2.24, 2.45) is 0 Å². The topological polar surface area (TPSA) is 76.9 Å². The maximum absolute atomic E-state index is 12.5. The van der Waals surface area contributed by atoms with Crippen LogP contribution in [-0.4, -0.2) is 23.2 Å². The molecule has 0 fully saturated rings. The van der Waals surface area contributed by atoms with Gasteiger partial charge in [0.15, 0.2) is 0 Å². The minimum absolute atomic E-state index is 0.274. The van der Waals surface area contributed by atoms with Gasteiger partial charge in [0.1, 0.15) is 12.7 Å². The first-order chi connectivity index (χ1) is 12.0. The summed E-state index contributed by atoms with van der Waals surface area (Å²) in [5.41, 5.74) is 2.85. The van der Waals surface area contributed by atoms with Gasteiger partial charge in [-0.3, -0.25) is 0 Å². The minimum atomic E-state index is -3.56. The van der Waals surface area contributed by atoms with E-state index in [0.717, 1.165) is 23.2 Å². The van der Waals surface area contributed by atoms with Crippen LogP contribution in [-0.2, 0) is 16.4 Å². The highest BCUT2D eigenvalue weighted by molar-refractivity contribution is 7.89. The third-order valence-corrected chi connectivity index (χ3v) is 5.61. The third-order valence-electron chi connectivity index (χ3n) is 4.05. The number of aryl methyl sites for hydroxylation is 1. The summed E-state index contributed by atoms with van der Waals surface area (Å²) in [4.78, 5) is 4.18. The van der Waals surface area contributed by atoms with Gasteiger partial charge in [-0.05, 0) is 48.7 Å². The van der Waals surface area contributed by atoms with Crippen LogP contribution in [0.5, 0.6) is 0 Å². The molecule has 130 valence electrons. The third kappa shape index (κ3) is 3.94. The van der Waals surface area contributed by atoms with Crippen molar-refractivity contribution in [3.05, 3.63) is 72.3 Å². The SMILES string of the molecule is CCc1ccc(S(=O)(=O)NC(C)c2ccc(-n3cncn3)cc2)cc1. The van der Waals surface area contributed by atoms with E-state index in [4.69, 9.17) is 0 Å². The van der Waals surface area contributed by atoms with Crippen LogP contribution in [0.2, 0.25) is 0 Å². The number of hydrogen-bond donors (Lipinski definition) is 1. The van der Waals surface area contributed by atoms with Gasteiger partial charge in [-0.1, -0.05) is 31.2 Å². The van der Waals surface area contributed by atoms with Gasteiger partial charge in [0.2, 0.25) is 10.0 Å². The summed E-state index contributed by atoms with van der Waals surface area (Å²) in [6.45, 7) is 3.86. The number of sulfonamides is 1. The second-order valence-corrected chi connectivity index (χ2v) is 7.49. The first-order valence-electron chi connectivity index (χ1n) is 8.06. The predicted octanol–water partition coefficient (Wildman–Crippen LogP) is 2.87. The summed E-state index contributed by atoms with van der Waals surface area (Å²) in [5.74, 6) is 0. The van der Waals surface area contributed by atoms with Gasteiger partial charge < -0.3 is 0 Å². The fourth-order valence-electron chi connectivity index (χ4n) is 2.53. The molecule has 0 radical (unpaired) electrons. The molecule has 2 aromatic carbocycles. The number of aromatic nitrogens is 3. The van der Waals surface area contributed by atoms with Crippen molar-refractivity contribution in [1.82, 2.24) is 19.5 Å². The van der Waals surface area contributed by atoms with Gasteiger partial charge in [-0.15, -0.1) is 0 Å². The quantitative estimate of drug-likeness (QED) is 0.737. The molecule has 25 heavy (non-hydrogen) atoms. The smallest absolute Gasteiger partial charge is 0.223 e. The van der Waals surface area contributed by atoms with E-state index >= 15 is 0 Å². The van der Waals surface area contributed by atoms with E-state index in [2.05, 4.69) is 14.8 Å². The van der Waals surface area contributed by atoms with Crippen LogP contribution < -0.4 is 4.72 Å². The highest BCUT2D eigenvalue weighted by atomic mass is 32.2. The molecule has 1 heterocycles. The zero-order valence-corrected chi connectivity index (χ0v) is 14.9. The van der Waals surface area contributed by atoms with E-state index in [0.29, 0.717) is 0 Å². The lowest BCUT2D eigenvalue weighted by Crippen LogP contribution is -2.26. The number of rotatable bonds is 6. The number of nitrogens with one attached hydrogen (secondary N) is 1. The normalized spacial score (nSPS) is 12.9. The van der Waals surface area contributed by atoms with Crippen LogP contribution in [0.25, 0.3) is 5.69 Å². The van der Waals surface area contributed by atoms with Crippen molar-refractivity contribution in [1.29, 1.82) is 0 Å². The van der Waals surface area contributed by atoms with Crippen LogP contribution in [0.1, 0.15) is 31.0 Å². The van der Waals surface area contributed by atoms with Gasteiger partial charge in [-0.25, -0.2) is 22.8 Å². The summed E-state index contributed by atoms with van der Waals surface area (Å²) in [6.07, 6.45) is 3.96. The van der Waals surface area contributed by atoms with E-state index in [-0.39, 0.29) is 10.9 Å². The number of benzene rings is 2. The largest absolute Gasteiger partial charge is 0.241 e. The Bertz CT molecular complexity index is 918. The lowest BCUT2D eigenvalue weighted by atomic mass is 10.1. The zero-order valence-electron chi connectivity index (χ0n) is 14.1. The molecule has 1 atom stereocenters. The van der Waals surface area contributed by atoms with Crippen molar-refractivity contribution < 1.29 is 8.42 Å². The van der Waals surface area contributed by atoms with Crippen LogP contribution in [0, 0.1) is 0 Å². The molecule has 0 aliphatic carbocycles. The Morgan fingerprint density at radius 3 is 2.32 bits per heavy atom. The Kier molecular flexibility index (Phi) is 4.96. The Labute approximate surface area is 147 Å². The fourth-order valence-corrected chi connectivity index (χ4v) is 3.76. The van der Waals surface area contributed by atoms with Crippen LogP contribution in [0.3, 0.4) is 0 Å². The van der Waals surface area contributed by atoms with Gasteiger partial charge in [0.25, 0.3) is 0 Å². The second-order valence-electron chi connectivity index (χ2n) is 5.77. The summed E-state index contributed by atoms with van der Waals surface area (Å²) >= 11 is 0. The summed E-state index contributed by atoms with van der Waals surface area (Å²) in [6, 6.07) is 14.1. The average molecular weight is 356 g/mol. The molecule has 0 aliphatic rings. The highest BCUT2D eigenvalue weighted by Crippen LogP contribution is 2.19. The van der Waals surface area contributed by atoms with Gasteiger partial charge in [0.05, 0.1) is 10.6 Å². The number of nitrogens with zero attached hydrogens (tertiary/aromatic N) is 3. The van der Waals surface area contributed by atoms with E-state index < -0.39 is 10.0 Å². The molecule has 1 N–H and O–H groups in total. The second kappa shape index (κ2) is 7.16. The molecule has 1 aromatic heterocycles. The average Bonchev–Trinajstić information content (AvgIpc) is 3.16. The monoisotopic (exact) mass is 356 g/mol. The Morgan fingerprint density at radius 2 is 1.76 bits per heavy atom. The predicted molar refractivity (Wildman–Crippen MR) is 95.9 cm³/mol. The summed E-state index contributed by atoms with van der Waals surface area (Å²) < 4.78 is 29.4. The summed E-state index contributed by atoms with van der Waals surface area (Å²) in [7, 11) is -3.56. The molecule has 3 rings (SSSR count). The Morgan fingerprint density at radius 1 is 1.08 bits per heavy atom. The molecule has 0 bridgehead atoms. The molecule has 0 aliphatic heterocycles. The lowest BCUT2D eigenvalue weighted by molar-refractivity contribution is 0.567. The van der Waals surface area contributed by atoms with E-state index in [1.807, 2.05) is 50.2 Å². The van der Waals surface area contributed by atoms with Gasteiger partial charge in [0, 0.05) is 6.04 Å². The van der Waals surface area contributed by atoms with Gasteiger partial charge in [-0.2, -0.15) is 5.10 Å². The van der Waals surface area contributed by atoms with E-state index in [1.54, 1.807) is 23.1 Å².